The van der Waals surface area contributed by atoms with Crippen molar-refractivity contribution in [3.05, 3.63) is 69.8 Å². The molecule has 0 aliphatic carbocycles. The Bertz CT molecular complexity index is 642. The van der Waals surface area contributed by atoms with Crippen molar-refractivity contribution in [1.29, 1.82) is 0 Å². The number of nitrogens with zero attached hydrogens (tertiary/aromatic N) is 1. The molecule has 0 saturated carbocycles. The van der Waals surface area contributed by atoms with E-state index in [4.69, 9.17) is 5.73 Å². The van der Waals surface area contributed by atoms with Gasteiger partial charge in [0.2, 0.25) is 0 Å². The molecule has 116 valence electrons. The molecule has 0 aliphatic rings. The highest BCUT2D eigenvalue weighted by Crippen LogP contribution is 2.25. The van der Waals surface area contributed by atoms with Crippen LogP contribution in [0.1, 0.15) is 31.0 Å². The van der Waals surface area contributed by atoms with Crippen molar-refractivity contribution in [2.45, 2.75) is 26.4 Å². The van der Waals surface area contributed by atoms with Crippen LogP contribution in [0.25, 0.3) is 0 Å². The molecule has 0 amide bonds. The van der Waals surface area contributed by atoms with Gasteiger partial charge in [0.05, 0.1) is 4.92 Å². The molecule has 2 aromatic rings. The largest absolute Gasteiger partial charge is 0.393 e. The van der Waals surface area contributed by atoms with Crippen LogP contribution >= 0.6 is 0 Å². The predicted molar refractivity (Wildman–Crippen MR) is 88.4 cm³/mol. The summed E-state index contributed by atoms with van der Waals surface area (Å²) in [7, 11) is 0. The molecule has 0 aromatic heterocycles. The van der Waals surface area contributed by atoms with Gasteiger partial charge in [0.15, 0.2) is 0 Å². The third-order valence-electron chi connectivity index (χ3n) is 3.64. The van der Waals surface area contributed by atoms with Crippen LogP contribution in [0.3, 0.4) is 0 Å². The minimum Gasteiger partial charge on any atom is -0.393 e. The Morgan fingerprint density at radius 1 is 1.18 bits per heavy atom. The molecule has 0 spiro atoms. The molecule has 0 aliphatic heterocycles. The second kappa shape index (κ2) is 7.04. The lowest BCUT2D eigenvalue weighted by Gasteiger charge is -2.23. The zero-order valence-corrected chi connectivity index (χ0v) is 12.8. The molecule has 22 heavy (non-hydrogen) atoms. The summed E-state index contributed by atoms with van der Waals surface area (Å²) in [4.78, 5) is 10.5. The van der Waals surface area contributed by atoms with E-state index < -0.39 is 4.92 Å². The van der Waals surface area contributed by atoms with Crippen LogP contribution in [0.4, 0.5) is 11.4 Å². The number of nitro groups is 1. The molecule has 0 fully saturated rings. The molecule has 5 nitrogen and oxygen atoms in total. The van der Waals surface area contributed by atoms with Gasteiger partial charge in [-0.25, -0.2) is 0 Å². The summed E-state index contributed by atoms with van der Waals surface area (Å²) in [5, 5.41) is 14.4. The number of nitrogen functional groups attached to an aromatic ring is 1. The Morgan fingerprint density at radius 3 is 2.45 bits per heavy atom. The van der Waals surface area contributed by atoms with E-state index in [2.05, 4.69) is 31.3 Å². The van der Waals surface area contributed by atoms with Gasteiger partial charge >= 0.3 is 0 Å². The fourth-order valence-corrected chi connectivity index (χ4v) is 2.48. The van der Waals surface area contributed by atoms with Crippen LogP contribution in [-0.4, -0.2) is 4.92 Å². The van der Waals surface area contributed by atoms with Gasteiger partial charge < -0.3 is 11.1 Å². The lowest BCUT2D eigenvalue weighted by atomic mass is 9.96. The number of rotatable bonds is 6. The van der Waals surface area contributed by atoms with Gasteiger partial charge in [-0.1, -0.05) is 50.2 Å². The second-order valence-electron chi connectivity index (χ2n) is 5.66. The van der Waals surface area contributed by atoms with E-state index in [-0.39, 0.29) is 17.4 Å². The number of hydrogen-bond donors (Lipinski definition) is 2. The van der Waals surface area contributed by atoms with E-state index in [9.17, 15) is 10.1 Å². The van der Waals surface area contributed by atoms with Crippen LogP contribution in [0, 0.1) is 16.0 Å². The van der Waals surface area contributed by atoms with Gasteiger partial charge in [-0.3, -0.25) is 10.1 Å². The van der Waals surface area contributed by atoms with Gasteiger partial charge in [-0.2, -0.15) is 0 Å². The quantitative estimate of drug-likeness (QED) is 0.484. The smallest absolute Gasteiger partial charge is 0.292 e. The van der Waals surface area contributed by atoms with Crippen LogP contribution in [-0.2, 0) is 6.54 Å². The van der Waals surface area contributed by atoms with Crippen LogP contribution < -0.4 is 11.1 Å². The van der Waals surface area contributed by atoms with Gasteiger partial charge in [-0.05, 0) is 23.1 Å². The molecule has 2 aromatic carbocycles. The Morgan fingerprint density at radius 2 is 1.86 bits per heavy atom. The highest BCUT2D eigenvalue weighted by atomic mass is 16.6. The SMILES string of the molecule is CC(C)C(NCc1ccc(N)c([N+](=O)[O-])c1)c1ccccc1. The first-order chi connectivity index (χ1) is 10.5. The first-order valence-electron chi connectivity index (χ1n) is 7.30. The molecule has 0 saturated heterocycles. The summed E-state index contributed by atoms with van der Waals surface area (Å²) in [5.74, 6) is 0.408. The predicted octanol–water partition coefficient (Wildman–Crippen LogP) is 3.66. The minimum atomic E-state index is -0.448. The average molecular weight is 299 g/mol. The van der Waals surface area contributed by atoms with Crippen LogP contribution in [0.5, 0.6) is 0 Å². The highest BCUT2D eigenvalue weighted by Gasteiger charge is 2.16. The van der Waals surface area contributed by atoms with Gasteiger partial charge in [0.25, 0.3) is 5.69 Å². The molecule has 5 heteroatoms. The first-order valence-corrected chi connectivity index (χ1v) is 7.30. The van der Waals surface area contributed by atoms with Crippen LogP contribution in [0.15, 0.2) is 48.5 Å². The molecule has 0 bridgehead atoms. The summed E-state index contributed by atoms with van der Waals surface area (Å²) in [6.07, 6.45) is 0. The number of benzene rings is 2. The summed E-state index contributed by atoms with van der Waals surface area (Å²) in [5.41, 5.74) is 7.83. The highest BCUT2D eigenvalue weighted by molar-refractivity contribution is 5.59. The maximum atomic E-state index is 10.9. The van der Waals surface area contributed by atoms with E-state index in [0.717, 1.165) is 5.56 Å². The molecule has 1 unspecified atom stereocenters. The van der Waals surface area contributed by atoms with Crippen molar-refractivity contribution >= 4 is 11.4 Å². The molecule has 0 radical (unpaired) electrons. The van der Waals surface area contributed by atoms with Crippen molar-refractivity contribution in [3.8, 4) is 0 Å². The number of nitrogens with one attached hydrogen (secondary N) is 1. The number of nitrogens with two attached hydrogens (primary N) is 1. The third-order valence-corrected chi connectivity index (χ3v) is 3.64. The fraction of sp³-hybridized carbons (Fsp3) is 0.294. The number of hydrogen-bond acceptors (Lipinski definition) is 4. The van der Waals surface area contributed by atoms with E-state index in [1.807, 2.05) is 24.3 Å². The van der Waals surface area contributed by atoms with Crippen molar-refractivity contribution < 1.29 is 4.92 Å². The van der Waals surface area contributed by atoms with Gasteiger partial charge in [-0.15, -0.1) is 0 Å². The van der Waals surface area contributed by atoms with E-state index in [1.165, 1.54) is 11.6 Å². The van der Waals surface area contributed by atoms with E-state index in [0.29, 0.717) is 12.5 Å². The standard InChI is InChI=1S/C17H21N3O2/c1-12(2)17(14-6-4-3-5-7-14)19-11-13-8-9-15(18)16(10-13)20(21)22/h3-10,12,17,19H,11,18H2,1-2H3. The van der Waals surface area contributed by atoms with E-state index >= 15 is 0 Å². The van der Waals surface area contributed by atoms with E-state index in [1.54, 1.807) is 6.07 Å². The summed E-state index contributed by atoms with van der Waals surface area (Å²) >= 11 is 0. The Labute approximate surface area is 130 Å². The Hall–Kier alpha value is -2.40. The second-order valence-corrected chi connectivity index (χ2v) is 5.66. The summed E-state index contributed by atoms with van der Waals surface area (Å²) < 4.78 is 0. The topological polar surface area (TPSA) is 81.2 Å². The molecule has 3 N–H and O–H groups in total. The molecule has 2 rings (SSSR count). The zero-order valence-electron chi connectivity index (χ0n) is 12.8. The molecular formula is C17H21N3O2. The van der Waals surface area contributed by atoms with Crippen molar-refractivity contribution in [2.24, 2.45) is 5.92 Å². The van der Waals surface area contributed by atoms with Crippen molar-refractivity contribution in [2.75, 3.05) is 5.73 Å². The summed E-state index contributed by atoms with van der Waals surface area (Å²) in [6.45, 7) is 4.85. The molecule has 1 atom stereocenters. The Kier molecular flexibility index (Phi) is 5.12. The van der Waals surface area contributed by atoms with Crippen molar-refractivity contribution in [1.82, 2.24) is 5.32 Å². The Balaban J connectivity index is 2.13. The minimum absolute atomic E-state index is 0.0416. The lowest BCUT2D eigenvalue weighted by Crippen LogP contribution is -2.25. The zero-order chi connectivity index (χ0) is 16.1. The number of anilines is 1. The molecule has 0 heterocycles. The summed E-state index contributed by atoms with van der Waals surface area (Å²) in [6, 6.07) is 15.3. The molecular weight excluding hydrogens is 278 g/mol. The lowest BCUT2D eigenvalue weighted by molar-refractivity contribution is -0.384. The normalized spacial score (nSPS) is 12.3. The van der Waals surface area contributed by atoms with Gasteiger partial charge in [0.1, 0.15) is 5.69 Å². The third kappa shape index (κ3) is 3.83. The van der Waals surface area contributed by atoms with Gasteiger partial charge in [0, 0.05) is 18.7 Å². The maximum absolute atomic E-state index is 10.9. The fourth-order valence-electron chi connectivity index (χ4n) is 2.48. The number of nitro benzene ring substituents is 1. The monoisotopic (exact) mass is 299 g/mol. The average Bonchev–Trinajstić information content (AvgIpc) is 2.49. The first kappa shape index (κ1) is 16.0. The maximum Gasteiger partial charge on any atom is 0.292 e. The van der Waals surface area contributed by atoms with Crippen molar-refractivity contribution in [3.63, 3.8) is 0 Å². The van der Waals surface area contributed by atoms with Crippen LogP contribution in [0.2, 0.25) is 0 Å².